The average molecular weight is 532 g/mol. The van der Waals surface area contributed by atoms with Gasteiger partial charge in [0, 0.05) is 36.0 Å². The third kappa shape index (κ3) is 4.43. The Morgan fingerprint density at radius 3 is 2.45 bits per heavy atom. The minimum Gasteiger partial charge on any atom is -0.457 e. The summed E-state index contributed by atoms with van der Waals surface area (Å²) in [5.41, 5.74) is 3.84. The average Bonchev–Trinajstić information content (AvgIpc) is 3.50. The van der Waals surface area contributed by atoms with Gasteiger partial charge in [0.25, 0.3) is 0 Å². The van der Waals surface area contributed by atoms with Crippen molar-refractivity contribution in [2.75, 3.05) is 17.1 Å². The number of aromatic amines is 1. The van der Waals surface area contributed by atoms with Crippen LogP contribution in [0.15, 0.2) is 77.5 Å². The van der Waals surface area contributed by atoms with Crippen molar-refractivity contribution in [1.82, 2.24) is 9.97 Å². The predicted octanol–water partition coefficient (Wildman–Crippen LogP) is 7.08. The molecule has 1 aliphatic rings. The highest BCUT2D eigenvalue weighted by Gasteiger charge is 2.29. The number of nitrogens with one attached hydrogen (secondary N) is 1. The van der Waals surface area contributed by atoms with Crippen molar-refractivity contribution < 1.29 is 22.0 Å². The number of rotatable bonds is 5. The molecule has 0 amide bonds. The summed E-state index contributed by atoms with van der Waals surface area (Å²) in [5, 5.41) is 0.863. The van der Waals surface area contributed by atoms with Crippen molar-refractivity contribution in [2.45, 2.75) is 25.7 Å². The molecule has 1 aliphatic heterocycles. The third-order valence-corrected chi connectivity index (χ3v) is 8.12. The van der Waals surface area contributed by atoms with Gasteiger partial charge in [-0.2, -0.15) is 0 Å². The molecule has 9 heteroatoms. The maximum absolute atomic E-state index is 13.2. The predicted molar refractivity (Wildman–Crippen MR) is 146 cm³/mol. The molecule has 3 heterocycles. The number of imidazole rings is 1. The van der Waals surface area contributed by atoms with E-state index in [2.05, 4.69) is 23.0 Å². The van der Waals surface area contributed by atoms with Gasteiger partial charge in [-0.1, -0.05) is 6.92 Å². The molecular weight excluding hydrogens is 505 g/mol. The molecule has 0 fully saturated rings. The molecule has 1 unspecified atom stereocenters. The Bertz CT molecular complexity index is 1710. The lowest BCUT2D eigenvalue weighted by Gasteiger charge is -2.23. The Morgan fingerprint density at radius 1 is 1.08 bits per heavy atom. The van der Waals surface area contributed by atoms with E-state index in [1.807, 2.05) is 30.3 Å². The minimum absolute atomic E-state index is 0.187. The van der Waals surface area contributed by atoms with E-state index in [1.54, 1.807) is 24.5 Å². The lowest BCUT2D eigenvalue weighted by atomic mass is 9.93. The summed E-state index contributed by atoms with van der Waals surface area (Å²) < 4.78 is 52.3. The fraction of sp³-hybridized carbons (Fsp3) is 0.207. The number of aromatic nitrogens is 2. The van der Waals surface area contributed by atoms with Gasteiger partial charge >= 0.3 is 0 Å². The molecule has 0 bridgehead atoms. The van der Waals surface area contributed by atoms with Crippen LogP contribution in [0.1, 0.15) is 31.2 Å². The van der Waals surface area contributed by atoms with Crippen molar-refractivity contribution in [3.05, 3.63) is 84.4 Å². The van der Waals surface area contributed by atoms with E-state index in [1.165, 1.54) is 22.7 Å². The molecule has 5 aromatic rings. The quantitative estimate of drug-likeness (QED) is 0.262. The molecule has 194 valence electrons. The second kappa shape index (κ2) is 9.33. The molecular formula is C29H26FN3O4S. The molecule has 2 aromatic heterocycles. The summed E-state index contributed by atoms with van der Waals surface area (Å²) in [4.78, 5) is 7.70. The number of hydrogen-bond acceptors (Lipinski definition) is 5. The van der Waals surface area contributed by atoms with Crippen molar-refractivity contribution in [1.29, 1.82) is 0 Å². The van der Waals surface area contributed by atoms with Crippen molar-refractivity contribution in [3.8, 4) is 34.2 Å². The van der Waals surface area contributed by atoms with Crippen LogP contribution < -0.4 is 9.04 Å². The van der Waals surface area contributed by atoms with Gasteiger partial charge in [0.1, 0.15) is 34.5 Å². The molecule has 0 aliphatic carbocycles. The number of benzene rings is 3. The third-order valence-electron chi connectivity index (χ3n) is 6.94. The number of H-pyrrole nitrogens is 1. The van der Waals surface area contributed by atoms with Gasteiger partial charge in [-0.15, -0.1) is 0 Å². The SMILES string of the molecule is CC1CCCN(S(C)(=O)=O)c2cc3oc(-c4ccc(Oc5ccc(F)cc5)cc4)c(-c4ncc[nH]4)c3cc21. The number of anilines is 1. The fourth-order valence-corrected chi connectivity index (χ4v) is 6.05. The molecule has 38 heavy (non-hydrogen) atoms. The molecule has 1 N–H and O–H groups in total. The first-order valence-electron chi connectivity index (χ1n) is 12.4. The Labute approximate surface area is 219 Å². The molecule has 6 rings (SSSR count). The van der Waals surface area contributed by atoms with Gasteiger partial charge in [-0.25, -0.2) is 17.8 Å². The standard InChI is InChI=1S/C29H26FN3O4S/c1-18-4-3-15-33(38(2,34)35)25-17-26-24(16-23(18)25)27(29-31-13-14-32-29)28(37-26)19-5-9-21(10-6-19)36-22-11-7-20(30)8-12-22/h5-14,16-18H,3-4,15H2,1-2H3,(H,31,32). The lowest BCUT2D eigenvalue weighted by molar-refractivity contribution is 0.480. The van der Waals surface area contributed by atoms with Crippen LogP contribution in [-0.2, 0) is 10.0 Å². The maximum Gasteiger partial charge on any atom is 0.232 e. The first-order chi connectivity index (χ1) is 18.3. The normalized spacial score (nSPS) is 15.9. The Balaban J connectivity index is 1.48. The van der Waals surface area contributed by atoms with E-state index in [4.69, 9.17) is 9.15 Å². The second-order valence-electron chi connectivity index (χ2n) is 9.61. The van der Waals surface area contributed by atoms with Crippen molar-refractivity contribution >= 4 is 26.7 Å². The minimum atomic E-state index is -3.45. The molecule has 0 saturated carbocycles. The summed E-state index contributed by atoms with van der Waals surface area (Å²) in [6.45, 7) is 2.57. The maximum atomic E-state index is 13.2. The Hall–Kier alpha value is -4.11. The van der Waals surface area contributed by atoms with E-state index in [0.717, 1.165) is 34.9 Å². The first-order valence-corrected chi connectivity index (χ1v) is 14.2. The van der Waals surface area contributed by atoms with E-state index in [-0.39, 0.29) is 11.7 Å². The highest BCUT2D eigenvalue weighted by Crippen LogP contribution is 2.45. The second-order valence-corrected chi connectivity index (χ2v) is 11.5. The van der Waals surface area contributed by atoms with E-state index < -0.39 is 10.0 Å². The van der Waals surface area contributed by atoms with Crippen LogP contribution in [-0.4, -0.2) is 31.2 Å². The summed E-state index contributed by atoms with van der Waals surface area (Å²) in [6, 6.07) is 17.2. The van der Waals surface area contributed by atoms with Gasteiger partial charge in [0.05, 0.1) is 17.5 Å². The largest absolute Gasteiger partial charge is 0.457 e. The zero-order valence-corrected chi connectivity index (χ0v) is 21.8. The smallest absolute Gasteiger partial charge is 0.232 e. The van der Waals surface area contributed by atoms with Crippen LogP contribution in [0.2, 0.25) is 0 Å². The van der Waals surface area contributed by atoms with Gasteiger partial charge < -0.3 is 14.1 Å². The van der Waals surface area contributed by atoms with Crippen LogP contribution in [0.5, 0.6) is 11.5 Å². The van der Waals surface area contributed by atoms with Crippen molar-refractivity contribution in [2.24, 2.45) is 0 Å². The summed E-state index contributed by atoms with van der Waals surface area (Å²) in [7, 11) is -3.45. The van der Waals surface area contributed by atoms with Crippen LogP contribution >= 0.6 is 0 Å². The Kier molecular flexibility index (Phi) is 5.95. The highest BCUT2D eigenvalue weighted by molar-refractivity contribution is 7.92. The number of fused-ring (bicyclic) bond motifs is 2. The van der Waals surface area contributed by atoms with Crippen molar-refractivity contribution in [3.63, 3.8) is 0 Å². The molecule has 3 aromatic carbocycles. The summed E-state index contributed by atoms with van der Waals surface area (Å²) in [6.07, 6.45) is 6.37. The number of halogens is 1. The number of sulfonamides is 1. The topological polar surface area (TPSA) is 88.4 Å². The van der Waals surface area contributed by atoms with Gasteiger partial charge in [-0.3, -0.25) is 4.31 Å². The first kappa shape index (κ1) is 24.2. The van der Waals surface area contributed by atoms with E-state index in [9.17, 15) is 12.8 Å². The lowest BCUT2D eigenvalue weighted by Crippen LogP contribution is -2.30. The van der Waals surface area contributed by atoms with Gasteiger partial charge in [0.2, 0.25) is 10.0 Å². The summed E-state index contributed by atoms with van der Waals surface area (Å²) >= 11 is 0. The fourth-order valence-electron chi connectivity index (χ4n) is 5.07. The molecule has 1 atom stereocenters. The van der Waals surface area contributed by atoms with E-state index >= 15 is 0 Å². The zero-order chi connectivity index (χ0) is 26.4. The van der Waals surface area contributed by atoms with E-state index in [0.29, 0.717) is 40.9 Å². The number of ether oxygens (including phenoxy) is 1. The highest BCUT2D eigenvalue weighted by atomic mass is 32.2. The molecule has 7 nitrogen and oxygen atoms in total. The molecule has 0 saturated heterocycles. The number of furan rings is 1. The Morgan fingerprint density at radius 2 is 1.79 bits per heavy atom. The number of hydrogen-bond donors (Lipinski definition) is 1. The molecule has 0 radical (unpaired) electrons. The van der Waals surface area contributed by atoms with Crippen LogP contribution in [0, 0.1) is 5.82 Å². The van der Waals surface area contributed by atoms with Crippen LogP contribution in [0.3, 0.4) is 0 Å². The van der Waals surface area contributed by atoms with Crippen LogP contribution in [0.4, 0.5) is 10.1 Å². The summed E-state index contributed by atoms with van der Waals surface area (Å²) in [5.74, 6) is 2.26. The molecule has 0 spiro atoms. The zero-order valence-electron chi connectivity index (χ0n) is 20.9. The van der Waals surface area contributed by atoms with Gasteiger partial charge in [-0.05, 0) is 78.9 Å². The number of nitrogens with zero attached hydrogens (tertiary/aromatic N) is 2. The van der Waals surface area contributed by atoms with Gasteiger partial charge in [0.15, 0.2) is 0 Å². The van der Waals surface area contributed by atoms with Crippen LogP contribution in [0.25, 0.3) is 33.7 Å². The monoisotopic (exact) mass is 531 g/mol.